The van der Waals surface area contributed by atoms with Gasteiger partial charge in [0.2, 0.25) is 5.91 Å². The van der Waals surface area contributed by atoms with E-state index in [0.29, 0.717) is 11.9 Å². The van der Waals surface area contributed by atoms with Crippen molar-refractivity contribution in [3.8, 4) is 5.75 Å². The van der Waals surface area contributed by atoms with E-state index < -0.39 is 0 Å². The third kappa shape index (κ3) is 3.51. The third-order valence-corrected chi connectivity index (χ3v) is 5.03. The van der Waals surface area contributed by atoms with Crippen molar-refractivity contribution >= 4 is 5.91 Å². The minimum atomic E-state index is -0.0210. The molecule has 2 fully saturated rings. The number of aromatic nitrogens is 3. The molecule has 1 aliphatic heterocycles. The van der Waals surface area contributed by atoms with Crippen LogP contribution in [-0.2, 0) is 11.2 Å². The summed E-state index contributed by atoms with van der Waals surface area (Å²) >= 11 is 0. The highest BCUT2D eigenvalue weighted by Gasteiger charge is 2.43. The Morgan fingerprint density at radius 1 is 1.40 bits per heavy atom. The van der Waals surface area contributed by atoms with Crippen LogP contribution in [-0.4, -0.2) is 51.7 Å². The Morgan fingerprint density at radius 2 is 2.28 bits per heavy atom. The van der Waals surface area contributed by atoms with Crippen molar-refractivity contribution in [3.05, 3.63) is 42.0 Å². The Kier molecular flexibility index (Phi) is 4.40. The van der Waals surface area contributed by atoms with Gasteiger partial charge in [0.05, 0.1) is 19.6 Å². The standard InChI is InChI=1S/C18H23N5O2/c1-25-14-4-2-3-12(9-14)18-15(7-8-23(18)13-5-6-13)21-17(24)10-16-19-11-20-22-16/h2-4,9,11,13,15,18H,5-8,10H2,1H3,(H,21,24)(H,19,20,22)/t15-,18+/m0/s1. The molecule has 132 valence electrons. The number of amides is 1. The SMILES string of the molecule is COc1cccc([C@@H]2[C@@H](NC(=O)Cc3ncn[nH]3)CCN2C2CC2)c1. The van der Waals surface area contributed by atoms with Crippen molar-refractivity contribution in [3.63, 3.8) is 0 Å². The lowest BCUT2D eigenvalue weighted by molar-refractivity contribution is -0.121. The van der Waals surface area contributed by atoms with Crippen LogP contribution in [0.25, 0.3) is 0 Å². The molecular weight excluding hydrogens is 318 g/mol. The number of methoxy groups -OCH3 is 1. The summed E-state index contributed by atoms with van der Waals surface area (Å²) in [4.78, 5) is 19.0. The minimum absolute atomic E-state index is 0.0210. The Labute approximate surface area is 146 Å². The molecule has 1 aliphatic carbocycles. The van der Waals surface area contributed by atoms with E-state index in [0.717, 1.165) is 18.7 Å². The molecule has 1 amide bonds. The highest BCUT2D eigenvalue weighted by Crippen LogP contribution is 2.41. The number of likely N-dealkylation sites (tertiary alicyclic amines) is 1. The number of benzene rings is 1. The Balaban J connectivity index is 1.52. The fourth-order valence-corrected chi connectivity index (χ4v) is 3.76. The zero-order valence-corrected chi connectivity index (χ0v) is 14.3. The largest absolute Gasteiger partial charge is 0.497 e. The van der Waals surface area contributed by atoms with E-state index >= 15 is 0 Å². The maximum atomic E-state index is 12.4. The van der Waals surface area contributed by atoms with E-state index in [9.17, 15) is 4.79 Å². The van der Waals surface area contributed by atoms with E-state index in [1.165, 1.54) is 24.7 Å². The average Bonchev–Trinajstić information content (AvgIpc) is 3.19. The molecule has 0 radical (unpaired) electrons. The van der Waals surface area contributed by atoms with E-state index in [1.54, 1.807) is 7.11 Å². The molecule has 1 saturated carbocycles. The minimum Gasteiger partial charge on any atom is -0.497 e. The number of ether oxygens (including phenoxy) is 1. The smallest absolute Gasteiger partial charge is 0.227 e. The van der Waals surface area contributed by atoms with Crippen LogP contribution in [0.2, 0.25) is 0 Å². The Morgan fingerprint density at radius 3 is 3.00 bits per heavy atom. The van der Waals surface area contributed by atoms with Crippen LogP contribution >= 0.6 is 0 Å². The van der Waals surface area contributed by atoms with Gasteiger partial charge in [0.15, 0.2) is 0 Å². The topological polar surface area (TPSA) is 83.1 Å². The van der Waals surface area contributed by atoms with Crippen molar-refractivity contribution in [2.75, 3.05) is 13.7 Å². The van der Waals surface area contributed by atoms with Crippen LogP contribution < -0.4 is 10.1 Å². The maximum Gasteiger partial charge on any atom is 0.227 e. The first-order chi connectivity index (χ1) is 12.2. The molecule has 7 heteroatoms. The molecular formula is C18H23N5O2. The first kappa shape index (κ1) is 16.1. The molecule has 2 N–H and O–H groups in total. The summed E-state index contributed by atoms with van der Waals surface area (Å²) in [5.74, 6) is 1.42. The first-order valence-electron chi connectivity index (χ1n) is 8.78. The van der Waals surface area contributed by atoms with Gasteiger partial charge >= 0.3 is 0 Å². The van der Waals surface area contributed by atoms with Crippen molar-refractivity contribution < 1.29 is 9.53 Å². The molecule has 1 saturated heterocycles. The van der Waals surface area contributed by atoms with E-state index in [2.05, 4.69) is 37.5 Å². The van der Waals surface area contributed by atoms with E-state index in [4.69, 9.17) is 4.74 Å². The summed E-state index contributed by atoms with van der Waals surface area (Å²) in [6.45, 7) is 1.01. The Bertz CT molecular complexity index is 729. The monoisotopic (exact) mass is 341 g/mol. The normalized spacial score (nSPS) is 23.6. The second-order valence-corrected chi connectivity index (χ2v) is 6.76. The number of carbonyl (C=O) groups is 1. The van der Waals surface area contributed by atoms with Gasteiger partial charge in [-0.2, -0.15) is 5.10 Å². The number of hydrogen-bond donors (Lipinski definition) is 2. The van der Waals surface area contributed by atoms with Gasteiger partial charge in [0.1, 0.15) is 17.9 Å². The molecule has 2 heterocycles. The number of nitrogens with zero attached hydrogens (tertiary/aromatic N) is 3. The highest BCUT2D eigenvalue weighted by molar-refractivity contribution is 5.78. The lowest BCUT2D eigenvalue weighted by atomic mass is 9.99. The van der Waals surface area contributed by atoms with Gasteiger partial charge < -0.3 is 10.1 Å². The number of nitrogens with one attached hydrogen (secondary N) is 2. The molecule has 25 heavy (non-hydrogen) atoms. The molecule has 2 atom stereocenters. The number of hydrogen-bond acceptors (Lipinski definition) is 5. The predicted octanol–water partition coefficient (Wildman–Crippen LogP) is 1.45. The van der Waals surface area contributed by atoms with Gasteiger partial charge in [-0.1, -0.05) is 12.1 Å². The van der Waals surface area contributed by atoms with Crippen molar-refractivity contribution in [1.29, 1.82) is 0 Å². The van der Waals surface area contributed by atoms with E-state index in [1.807, 2.05) is 12.1 Å². The second-order valence-electron chi connectivity index (χ2n) is 6.76. The Hall–Kier alpha value is -2.41. The molecule has 2 aromatic rings. The number of carbonyl (C=O) groups excluding carboxylic acids is 1. The summed E-state index contributed by atoms with van der Waals surface area (Å²) < 4.78 is 5.39. The summed E-state index contributed by atoms with van der Waals surface area (Å²) in [6.07, 6.45) is 5.11. The van der Waals surface area contributed by atoms with Crippen molar-refractivity contribution in [1.82, 2.24) is 25.4 Å². The molecule has 0 unspecified atom stereocenters. The van der Waals surface area contributed by atoms with E-state index in [-0.39, 0.29) is 24.4 Å². The fraction of sp³-hybridized carbons (Fsp3) is 0.500. The average molecular weight is 341 g/mol. The van der Waals surface area contributed by atoms with Crippen molar-refractivity contribution in [2.24, 2.45) is 0 Å². The number of H-pyrrole nitrogens is 1. The van der Waals surface area contributed by atoms with Crippen molar-refractivity contribution in [2.45, 2.75) is 43.8 Å². The number of rotatable bonds is 6. The van der Waals surface area contributed by atoms with Crippen LogP contribution in [0.1, 0.15) is 36.7 Å². The molecule has 0 spiro atoms. The van der Waals surface area contributed by atoms with Crippen LogP contribution in [0.15, 0.2) is 30.6 Å². The lowest BCUT2D eigenvalue weighted by Gasteiger charge is -2.29. The highest BCUT2D eigenvalue weighted by atomic mass is 16.5. The van der Waals surface area contributed by atoms with Gasteiger partial charge in [-0.25, -0.2) is 4.98 Å². The summed E-state index contributed by atoms with van der Waals surface area (Å²) in [7, 11) is 1.68. The molecule has 0 bridgehead atoms. The molecule has 7 nitrogen and oxygen atoms in total. The predicted molar refractivity (Wildman–Crippen MR) is 92.1 cm³/mol. The van der Waals surface area contributed by atoms with Crippen LogP contribution in [0.3, 0.4) is 0 Å². The zero-order valence-electron chi connectivity index (χ0n) is 14.3. The second kappa shape index (κ2) is 6.84. The molecule has 2 aliphatic rings. The van der Waals surface area contributed by atoms with Crippen LogP contribution in [0, 0.1) is 0 Å². The lowest BCUT2D eigenvalue weighted by Crippen LogP contribution is -2.41. The molecule has 4 rings (SSSR count). The van der Waals surface area contributed by atoms with Crippen LogP contribution in [0.4, 0.5) is 0 Å². The van der Waals surface area contributed by atoms with Gasteiger partial charge in [-0.3, -0.25) is 14.8 Å². The third-order valence-electron chi connectivity index (χ3n) is 5.03. The van der Waals surface area contributed by atoms with Gasteiger partial charge in [0, 0.05) is 18.6 Å². The summed E-state index contributed by atoms with van der Waals surface area (Å²) in [5, 5.41) is 9.74. The number of aromatic amines is 1. The molecule has 1 aromatic heterocycles. The van der Waals surface area contributed by atoms with Gasteiger partial charge in [0.25, 0.3) is 0 Å². The van der Waals surface area contributed by atoms with Crippen LogP contribution in [0.5, 0.6) is 5.75 Å². The zero-order chi connectivity index (χ0) is 17.2. The summed E-state index contributed by atoms with van der Waals surface area (Å²) in [5.41, 5.74) is 1.20. The fourth-order valence-electron chi connectivity index (χ4n) is 3.76. The maximum absolute atomic E-state index is 12.4. The first-order valence-corrected chi connectivity index (χ1v) is 8.78. The quantitative estimate of drug-likeness (QED) is 0.831. The van der Waals surface area contributed by atoms with Gasteiger partial charge in [-0.05, 0) is 37.0 Å². The summed E-state index contributed by atoms with van der Waals surface area (Å²) in [6, 6.07) is 9.13. The molecule has 1 aromatic carbocycles. The van der Waals surface area contributed by atoms with Gasteiger partial charge in [-0.15, -0.1) is 0 Å².